The molecule has 31 heavy (non-hydrogen) atoms. The maximum Gasteiger partial charge on any atom is 0.230 e. The first kappa shape index (κ1) is 21.1. The molecule has 1 N–H and O–H groups in total. The summed E-state index contributed by atoms with van der Waals surface area (Å²) in [5, 5.41) is 5.63. The van der Waals surface area contributed by atoms with Crippen LogP contribution in [0.1, 0.15) is 35.5 Å². The summed E-state index contributed by atoms with van der Waals surface area (Å²) in [6.07, 6.45) is 2.71. The van der Waals surface area contributed by atoms with E-state index in [0.29, 0.717) is 24.4 Å². The van der Waals surface area contributed by atoms with Gasteiger partial charge in [-0.2, -0.15) is 0 Å². The second-order valence-corrected chi connectivity index (χ2v) is 8.55. The van der Waals surface area contributed by atoms with Gasteiger partial charge in [-0.15, -0.1) is 11.3 Å². The van der Waals surface area contributed by atoms with Crippen molar-refractivity contribution < 1.29 is 14.3 Å². The van der Waals surface area contributed by atoms with Gasteiger partial charge in [0.25, 0.3) is 0 Å². The first-order valence-electron chi connectivity index (χ1n) is 10.4. The van der Waals surface area contributed by atoms with Gasteiger partial charge in [-0.3, -0.25) is 9.59 Å². The summed E-state index contributed by atoms with van der Waals surface area (Å²) >= 11 is 1.48. The third-order valence-electron chi connectivity index (χ3n) is 5.09. The Morgan fingerprint density at radius 3 is 2.84 bits per heavy atom. The van der Waals surface area contributed by atoms with E-state index in [0.717, 1.165) is 35.8 Å². The largest absolute Gasteiger partial charge is 0.486 e. The summed E-state index contributed by atoms with van der Waals surface area (Å²) in [6, 6.07) is 15.3. The number of aromatic nitrogens is 1. The van der Waals surface area contributed by atoms with Gasteiger partial charge >= 0.3 is 0 Å². The van der Waals surface area contributed by atoms with E-state index in [1.807, 2.05) is 60.8 Å². The molecule has 4 rings (SSSR count). The van der Waals surface area contributed by atoms with Crippen LogP contribution >= 0.6 is 11.3 Å². The zero-order valence-corrected chi connectivity index (χ0v) is 18.3. The lowest BCUT2D eigenvalue weighted by Gasteiger charge is -2.27. The Kier molecular flexibility index (Phi) is 6.62. The van der Waals surface area contributed by atoms with Gasteiger partial charge in [0, 0.05) is 29.7 Å². The molecule has 3 aromatic rings. The highest BCUT2D eigenvalue weighted by molar-refractivity contribution is 7.09. The number of carbonyl (C=O) groups is 2. The number of rotatable bonds is 7. The quantitative estimate of drug-likeness (QED) is 0.582. The minimum absolute atomic E-state index is 0.137. The van der Waals surface area contributed by atoms with Crippen LogP contribution in [0.25, 0.3) is 0 Å². The van der Waals surface area contributed by atoms with Crippen molar-refractivity contribution in [1.82, 2.24) is 4.98 Å². The molecule has 0 unspecified atom stereocenters. The van der Waals surface area contributed by atoms with E-state index in [9.17, 15) is 9.59 Å². The number of nitrogens with one attached hydrogen (secondary N) is 1. The molecular formula is C24H25N3O3S. The van der Waals surface area contributed by atoms with Gasteiger partial charge in [-0.1, -0.05) is 23.8 Å². The number of thiazole rings is 1. The summed E-state index contributed by atoms with van der Waals surface area (Å²) in [5.74, 6) is 0.795. The van der Waals surface area contributed by atoms with Gasteiger partial charge < -0.3 is 15.0 Å². The van der Waals surface area contributed by atoms with E-state index in [2.05, 4.69) is 10.3 Å². The van der Waals surface area contributed by atoms with E-state index in [1.54, 1.807) is 4.90 Å². The molecule has 1 fully saturated rings. The van der Waals surface area contributed by atoms with Crippen molar-refractivity contribution in [2.24, 2.45) is 0 Å². The Hall–Kier alpha value is -3.19. The van der Waals surface area contributed by atoms with Crippen molar-refractivity contribution in [2.45, 2.75) is 39.2 Å². The summed E-state index contributed by atoms with van der Waals surface area (Å²) in [5.41, 5.74) is 3.40. The van der Waals surface area contributed by atoms with E-state index >= 15 is 0 Å². The van der Waals surface area contributed by atoms with Crippen LogP contribution in [-0.4, -0.2) is 23.3 Å². The number of amides is 2. The van der Waals surface area contributed by atoms with E-state index < -0.39 is 0 Å². The molecule has 1 aliphatic rings. The molecule has 2 aromatic carbocycles. The molecule has 0 spiro atoms. The van der Waals surface area contributed by atoms with Crippen LogP contribution in [-0.2, 0) is 22.6 Å². The smallest absolute Gasteiger partial charge is 0.230 e. The molecule has 160 valence electrons. The van der Waals surface area contributed by atoms with Crippen LogP contribution in [0, 0.1) is 6.92 Å². The molecule has 0 atom stereocenters. The zero-order chi connectivity index (χ0) is 21.6. The first-order chi connectivity index (χ1) is 15.1. The Morgan fingerprint density at radius 2 is 2.03 bits per heavy atom. The van der Waals surface area contributed by atoms with Gasteiger partial charge in [0.15, 0.2) is 0 Å². The van der Waals surface area contributed by atoms with Crippen molar-refractivity contribution in [3.05, 3.63) is 70.2 Å². The van der Waals surface area contributed by atoms with Crippen LogP contribution in [0.4, 0.5) is 11.4 Å². The minimum Gasteiger partial charge on any atom is -0.486 e. The second kappa shape index (κ2) is 9.75. The van der Waals surface area contributed by atoms with Crippen LogP contribution in [0.5, 0.6) is 5.75 Å². The number of piperidine rings is 1. The molecule has 7 heteroatoms. The summed E-state index contributed by atoms with van der Waals surface area (Å²) in [7, 11) is 0. The Balaban J connectivity index is 1.31. The third-order valence-corrected chi connectivity index (χ3v) is 5.96. The van der Waals surface area contributed by atoms with Gasteiger partial charge in [0.2, 0.25) is 11.8 Å². The van der Waals surface area contributed by atoms with Crippen LogP contribution in [0.3, 0.4) is 0 Å². The molecule has 0 radical (unpaired) electrons. The van der Waals surface area contributed by atoms with Gasteiger partial charge in [-0.05, 0) is 50.1 Å². The average Bonchev–Trinajstić information content (AvgIpc) is 3.21. The van der Waals surface area contributed by atoms with Crippen molar-refractivity contribution in [3.8, 4) is 5.75 Å². The molecule has 1 saturated heterocycles. The highest BCUT2D eigenvalue weighted by Gasteiger charge is 2.20. The molecule has 0 bridgehead atoms. The number of carbonyl (C=O) groups excluding carboxylic acids is 2. The summed E-state index contributed by atoms with van der Waals surface area (Å²) < 4.78 is 5.76. The second-order valence-electron chi connectivity index (χ2n) is 7.61. The molecule has 6 nitrogen and oxygen atoms in total. The zero-order valence-electron chi connectivity index (χ0n) is 17.5. The number of aryl methyl sites for hydroxylation is 1. The van der Waals surface area contributed by atoms with Crippen molar-refractivity contribution >= 4 is 34.5 Å². The normalized spacial score (nSPS) is 13.8. The van der Waals surface area contributed by atoms with E-state index in [-0.39, 0.29) is 18.2 Å². The molecule has 2 amide bonds. The number of ether oxygens (including phenoxy) is 1. The Labute approximate surface area is 185 Å². The molecular weight excluding hydrogens is 410 g/mol. The van der Waals surface area contributed by atoms with E-state index in [1.165, 1.54) is 16.9 Å². The first-order valence-corrected chi connectivity index (χ1v) is 11.3. The van der Waals surface area contributed by atoms with Gasteiger partial charge in [-0.25, -0.2) is 4.98 Å². The number of hydrogen-bond donors (Lipinski definition) is 1. The third kappa shape index (κ3) is 5.70. The fourth-order valence-corrected chi connectivity index (χ4v) is 4.18. The van der Waals surface area contributed by atoms with E-state index in [4.69, 9.17) is 4.74 Å². The molecule has 1 aromatic heterocycles. The standard InChI is InChI=1S/C24H25N3O3S/c1-17-8-10-21(11-9-17)30-15-23-26-19(16-31-23)14-22(28)25-18-5-4-6-20(13-18)27-12-3-2-7-24(27)29/h4-6,8-11,13,16H,2-3,7,12,14-15H2,1H3,(H,25,28). The highest BCUT2D eigenvalue weighted by atomic mass is 32.1. The number of nitrogens with zero attached hydrogens (tertiary/aromatic N) is 2. The number of hydrogen-bond acceptors (Lipinski definition) is 5. The van der Waals surface area contributed by atoms with Crippen LogP contribution in [0.15, 0.2) is 53.9 Å². The molecule has 0 aliphatic carbocycles. The summed E-state index contributed by atoms with van der Waals surface area (Å²) in [4.78, 5) is 30.9. The minimum atomic E-state index is -0.140. The Morgan fingerprint density at radius 1 is 1.19 bits per heavy atom. The number of anilines is 2. The van der Waals surface area contributed by atoms with Crippen LogP contribution < -0.4 is 15.0 Å². The fourth-order valence-electron chi connectivity index (χ4n) is 3.48. The number of benzene rings is 2. The SMILES string of the molecule is Cc1ccc(OCc2nc(CC(=O)Nc3cccc(N4CCCCC4=O)c3)cs2)cc1. The van der Waals surface area contributed by atoms with Crippen molar-refractivity contribution in [1.29, 1.82) is 0 Å². The summed E-state index contributed by atoms with van der Waals surface area (Å²) in [6.45, 7) is 3.13. The highest BCUT2D eigenvalue weighted by Crippen LogP contribution is 2.24. The lowest BCUT2D eigenvalue weighted by atomic mass is 10.1. The predicted molar refractivity (Wildman–Crippen MR) is 123 cm³/mol. The lowest BCUT2D eigenvalue weighted by molar-refractivity contribution is -0.119. The van der Waals surface area contributed by atoms with Crippen LogP contribution in [0.2, 0.25) is 0 Å². The van der Waals surface area contributed by atoms with Gasteiger partial charge in [0.05, 0.1) is 12.1 Å². The average molecular weight is 436 g/mol. The predicted octanol–water partition coefficient (Wildman–Crippen LogP) is 4.73. The maximum absolute atomic E-state index is 12.5. The molecule has 2 heterocycles. The fraction of sp³-hybridized carbons (Fsp3) is 0.292. The Bertz CT molecular complexity index is 1060. The van der Waals surface area contributed by atoms with Crippen molar-refractivity contribution in [2.75, 3.05) is 16.8 Å². The molecule has 0 saturated carbocycles. The maximum atomic E-state index is 12.5. The molecule has 1 aliphatic heterocycles. The van der Waals surface area contributed by atoms with Gasteiger partial charge in [0.1, 0.15) is 17.4 Å². The topological polar surface area (TPSA) is 71.5 Å². The van der Waals surface area contributed by atoms with Crippen molar-refractivity contribution in [3.63, 3.8) is 0 Å². The lowest BCUT2D eigenvalue weighted by Crippen LogP contribution is -2.35. The monoisotopic (exact) mass is 435 g/mol.